The van der Waals surface area contributed by atoms with Gasteiger partial charge in [-0.15, -0.1) is 0 Å². The molecule has 2 aromatic carbocycles. The summed E-state index contributed by atoms with van der Waals surface area (Å²) in [4.78, 5) is 25.3. The SMILES string of the molecule is COc1cc(-c2cc3ccccc3oc2=O)c(Cl)cc1C(=O)O[C@@H]1CCC[C@@H](C)C1. The van der Waals surface area contributed by atoms with Gasteiger partial charge in [-0.3, -0.25) is 0 Å². The minimum absolute atomic E-state index is 0.100. The molecule has 1 aromatic heterocycles. The van der Waals surface area contributed by atoms with E-state index in [4.69, 9.17) is 25.5 Å². The predicted molar refractivity (Wildman–Crippen MR) is 116 cm³/mol. The lowest BCUT2D eigenvalue weighted by molar-refractivity contribution is 0.0152. The van der Waals surface area contributed by atoms with Crippen molar-refractivity contribution in [2.45, 2.75) is 38.7 Å². The first-order valence-corrected chi connectivity index (χ1v) is 10.5. The van der Waals surface area contributed by atoms with Crippen LogP contribution in [0.5, 0.6) is 5.75 Å². The third-order valence-electron chi connectivity index (χ3n) is 5.60. The molecule has 0 saturated heterocycles. The molecule has 0 radical (unpaired) electrons. The van der Waals surface area contributed by atoms with Gasteiger partial charge in [-0.1, -0.05) is 43.1 Å². The number of esters is 1. The van der Waals surface area contributed by atoms with Crippen molar-refractivity contribution in [3.63, 3.8) is 0 Å². The minimum atomic E-state index is -0.510. The lowest BCUT2D eigenvalue weighted by atomic mass is 9.89. The van der Waals surface area contributed by atoms with Gasteiger partial charge in [0.1, 0.15) is 23.0 Å². The molecule has 1 heterocycles. The molecule has 0 unspecified atom stereocenters. The van der Waals surface area contributed by atoms with Crippen LogP contribution in [0, 0.1) is 5.92 Å². The first-order chi connectivity index (χ1) is 14.5. The molecule has 0 N–H and O–H groups in total. The topological polar surface area (TPSA) is 65.7 Å². The van der Waals surface area contributed by atoms with Crippen LogP contribution in [0.3, 0.4) is 0 Å². The summed E-state index contributed by atoms with van der Waals surface area (Å²) in [5.41, 5.74) is 0.976. The van der Waals surface area contributed by atoms with E-state index in [0.29, 0.717) is 28.4 Å². The summed E-state index contributed by atoms with van der Waals surface area (Å²) in [6, 6.07) is 12.1. The summed E-state index contributed by atoms with van der Waals surface area (Å²) in [6.07, 6.45) is 3.83. The van der Waals surface area contributed by atoms with Crippen LogP contribution in [0.25, 0.3) is 22.1 Å². The Morgan fingerprint density at radius 2 is 1.93 bits per heavy atom. The second kappa shape index (κ2) is 8.52. The zero-order chi connectivity index (χ0) is 21.3. The van der Waals surface area contributed by atoms with Crippen molar-refractivity contribution in [2.75, 3.05) is 7.11 Å². The Labute approximate surface area is 179 Å². The Bertz CT molecular complexity index is 1150. The van der Waals surface area contributed by atoms with E-state index >= 15 is 0 Å². The van der Waals surface area contributed by atoms with Crippen LogP contribution in [-0.4, -0.2) is 19.2 Å². The number of carbonyl (C=O) groups is 1. The molecule has 4 rings (SSSR count). The van der Waals surface area contributed by atoms with Gasteiger partial charge in [-0.2, -0.15) is 0 Å². The molecule has 6 heteroatoms. The van der Waals surface area contributed by atoms with Crippen molar-refractivity contribution in [1.29, 1.82) is 0 Å². The predicted octanol–water partition coefficient (Wildman–Crippen LogP) is 5.86. The van der Waals surface area contributed by atoms with Crippen LogP contribution in [-0.2, 0) is 4.74 Å². The third kappa shape index (κ3) is 4.08. The average Bonchev–Trinajstić information content (AvgIpc) is 2.73. The van der Waals surface area contributed by atoms with E-state index in [9.17, 15) is 9.59 Å². The van der Waals surface area contributed by atoms with Gasteiger partial charge in [-0.05, 0) is 49.4 Å². The number of ether oxygens (including phenoxy) is 2. The summed E-state index contributed by atoms with van der Waals surface area (Å²) >= 11 is 6.48. The highest BCUT2D eigenvalue weighted by Crippen LogP contribution is 2.35. The lowest BCUT2D eigenvalue weighted by Crippen LogP contribution is -2.24. The summed E-state index contributed by atoms with van der Waals surface area (Å²) in [7, 11) is 1.47. The molecular weight excluding hydrogens is 404 g/mol. The van der Waals surface area contributed by atoms with Crippen LogP contribution in [0.15, 0.2) is 51.7 Å². The van der Waals surface area contributed by atoms with Crippen LogP contribution >= 0.6 is 11.6 Å². The lowest BCUT2D eigenvalue weighted by Gasteiger charge is -2.26. The molecule has 1 saturated carbocycles. The highest BCUT2D eigenvalue weighted by Gasteiger charge is 2.25. The first-order valence-electron chi connectivity index (χ1n) is 10.1. The molecular formula is C24H23ClO5. The maximum absolute atomic E-state index is 12.8. The molecule has 0 aliphatic heterocycles. The molecule has 2 atom stereocenters. The van der Waals surface area contributed by atoms with Crippen molar-refractivity contribution >= 4 is 28.5 Å². The van der Waals surface area contributed by atoms with Crippen molar-refractivity contribution in [3.8, 4) is 16.9 Å². The molecule has 3 aromatic rings. The zero-order valence-corrected chi connectivity index (χ0v) is 17.7. The second-order valence-corrected chi connectivity index (χ2v) is 8.22. The highest BCUT2D eigenvalue weighted by molar-refractivity contribution is 6.33. The van der Waals surface area contributed by atoms with Gasteiger partial charge < -0.3 is 13.9 Å². The fourth-order valence-electron chi connectivity index (χ4n) is 4.04. The third-order valence-corrected chi connectivity index (χ3v) is 5.92. The van der Waals surface area contributed by atoms with E-state index in [2.05, 4.69) is 6.92 Å². The van der Waals surface area contributed by atoms with Gasteiger partial charge in [0.2, 0.25) is 0 Å². The van der Waals surface area contributed by atoms with Crippen LogP contribution in [0.1, 0.15) is 43.0 Å². The Kier molecular flexibility index (Phi) is 5.82. The van der Waals surface area contributed by atoms with E-state index < -0.39 is 11.6 Å². The molecule has 1 aliphatic carbocycles. The van der Waals surface area contributed by atoms with Crippen molar-refractivity contribution in [2.24, 2.45) is 5.92 Å². The van der Waals surface area contributed by atoms with E-state index in [1.807, 2.05) is 12.1 Å². The maximum atomic E-state index is 12.8. The number of benzene rings is 2. The standard InChI is InChI=1S/C24H23ClO5/c1-14-6-5-8-16(10-14)29-24(27)19-12-20(25)17(13-22(19)28-2)18-11-15-7-3-4-9-21(15)30-23(18)26/h3-4,7,9,11-14,16H,5-6,8,10H2,1-2H3/t14-,16-/m1/s1. The number of rotatable bonds is 4. The van der Waals surface area contributed by atoms with Crippen LogP contribution in [0.4, 0.5) is 0 Å². The molecule has 1 aliphatic rings. The number of fused-ring (bicyclic) bond motifs is 1. The quantitative estimate of drug-likeness (QED) is 0.386. The monoisotopic (exact) mass is 426 g/mol. The largest absolute Gasteiger partial charge is 0.496 e. The number of methoxy groups -OCH3 is 1. The molecule has 0 amide bonds. The maximum Gasteiger partial charge on any atom is 0.344 e. The number of para-hydroxylation sites is 1. The molecule has 0 bridgehead atoms. The summed E-state index contributed by atoms with van der Waals surface area (Å²) in [6.45, 7) is 2.17. The van der Waals surface area contributed by atoms with Gasteiger partial charge in [0, 0.05) is 16.0 Å². The van der Waals surface area contributed by atoms with Crippen molar-refractivity contribution < 1.29 is 18.7 Å². The smallest absolute Gasteiger partial charge is 0.344 e. The Hall–Kier alpha value is -2.79. The molecule has 156 valence electrons. The molecule has 0 spiro atoms. The van der Waals surface area contributed by atoms with Crippen molar-refractivity contribution in [3.05, 3.63) is 63.5 Å². The van der Waals surface area contributed by atoms with E-state index in [1.54, 1.807) is 24.3 Å². The van der Waals surface area contributed by atoms with Gasteiger partial charge in [0.05, 0.1) is 12.7 Å². The van der Waals surface area contributed by atoms with Crippen molar-refractivity contribution in [1.82, 2.24) is 0 Å². The van der Waals surface area contributed by atoms with Gasteiger partial charge >= 0.3 is 11.6 Å². The van der Waals surface area contributed by atoms with Gasteiger partial charge in [0.15, 0.2) is 0 Å². The fourth-order valence-corrected chi connectivity index (χ4v) is 4.30. The number of hydrogen-bond donors (Lipinski definition) is 0. The van der Waals surface area contributed by atoms with Gasteiger partial charge in [-0.25, -0.2) is 9.59 Å². The number of hydrogen-bond acceptors (Lipinski definition) is 5. The minimum Gasteiger partial charge on any atom is -0.496 e. The Morgan fingerprint density at radius 1 is 1.13 bits per heavy atom. The molecule has 1 fully saturated rings. The highest BCUT2D eigenvalue weighted by atomic mass is 35.5. The zero-order valence-electron chi connectivity index (χ0n) is 16.9. The Morgan fingerprint density at radius 3 is 2.70 bits per heavy atom. The average molecular weight is 427 g/mol. The van der Waals surface area contributed by atoms with E-state index in [1.165, 1.54) is 13.2 Å². The molecule has 5 nitrogen and oxygen atoms in total. The molecule has 30 heavy (non-hydrogen) atoms. The summed E-state index contributed by atoms with van der Waals surface area (Å²) in [5, 5.41) is 1.03. The fraction of sp³-hybridized carbons (Fsp3) is 0.333. The van der Waals surface area contributed by atoms with Crippen LogP contribution in [0.2, 0.25) is 5.02 Å². The second-order valence-electron chi connectivity index (χ2n) is 7.82. The summed E-state index contributed by atoms with van der Waals surface area (Å²) < 4.78 is 16.6. The first kappa shape index (κ1) is 20.5. The van der Waals surface area contributed by atoms with Gasteiger partial charge in [0.25, 0.3) is 0 Å². The number of halogens is 1. The normalized spacial score (nSPS) is 18.9. The van der Waals surface area contributed by atoms with E-state index in [-0.39, 0.29) is 16.7 Å². The Balaban J connectivity index is 1.70. The number of carbonyl (C=O) groups excluding carboxylic acids is 1. The van der Waals surface area contributed by atoms with E-state index in [0.717, 1.165) is 31.1 Å². The van der Waals surface area contributed by atoms with Crippen LogP contribution < -0.4 is 10.4 Å². The summed E-state index contributed by atoms with van der Waals surface area (Å²) in [5.74, 6) is 0.373.